The lowest BCUT2D eigenvalue weighted by atomic mass is 10.1. The van der Waals surface area contributed by atoms with Gasteiger partial charge in [-0.25, -0.2) is 14.8 Å². The van der Waals surface area contributed by atoms with E-state index in [9.17, 15) is 9.90 Å². The lowest BCUT2D eigenvalue weighted by molar-refractivity contribution is 0.0693. The van der Waals surface area contributed by atoms with Gasteiger partial charge >= 0.3 is 5.97 Å². The molecule has 29 heavy (non-hydrogen) atoms. The fraction of sp³-hybridized carbons (Fsp3) is 0.136. The number of aromatic nitrogens is 2. The highest BCUT2D eigenvalue weighted by atomic mass is 32.2. The average Bonchev–Trinajstić information content (AvgIpc) is 3.22. The number of carboxylic acid groups (broad SMARTS) is 1. The molecule has 0 amide bonds. The molecular weight excluding hydrogens is 386 g/mol. The average molecular weight is 405 g/mol. The summed E-state index contributed by atoms with van der Waals surface area (Å²) in [6.07, 6.45) is 6.85. The molecule has 0 radical (unpaired) electrons. The second kappa shape index (κ2) is 7.97. The molecule has 0 aliphatic carbocycles. The molecule has 0 saturated carbocycles. The summed E-state index contributed by atoms with van der Waals surface area (Å²) in [5.41, 5.74) is 2.89. The molecule has 2 heterocycles. The van der Waals surface area contributed by atoms with E-state index in [0.29, 0.717) is 10.5 Å². The summed E-state index contributed by atoms with van der Waals surface area (Å²) >= 11 is 1.40. The second-order valence-corrected chi connectivity index (χ2v) is 7.26. The molecule has 0 unspecified atom stereocenters. The minimum absolute atomic E-state index is 0.291. The van der Waals surface area contributed by atoms with Crippen molar-refractivity contribution in [3.63, 3.8) is 0 Å². The number of furan rings is 1. The highest BCUT2D eigenvalue weighted by molar-refractivity contribution is 7.98. The maximum absolute atomic E-state index is 11.4. The molecule has 0 bridgehead atoms. The third-order valence-electron chi connectivity index (χ3n) is 4.75. The summed E-state index contributed by atoms with van der Waals surface area (Å²) in [4.78, 5) is 23.0. The quantitative estimate of drug-likeness (QED) is 0.426. The normalized spacial score (nSPS) is 11.0. The second-order valence-electron chi connectivity index (χ2n) is 6.41. The number of anilines is 2. The van der Waals surface area contributed by atoms with Crippen molar-refractivity contribution in [3.8, 4) is 11.3 Å². The van der Waals surface area contributed by atoms with Crippen LogP contribution >= 0.6 is 11.8 Å². The zero-order valence-corrected chi connectivity index (χ0v) is 16.8. The van der Waals surface area contributed by atoms with Crippen LogP contribution in [0.5, 0.6) is 0 Å². The predicted octanol–water partition coefficient (Wildman–Crippen LogP) is 5.47. The van der Waals surface area contributed by atoms with Gasteiger partial charge in [-0.2, -0.15) is 0 Å². The summed E-state index contributed by atoms with van der Waals surface area (Å²) in [6.45, 7) is 2.79. The summed E-state index contributed by atoms with van der Waals surface area (Å²) < 4.78 is 5.28. The standard InChI is InChI=1S/C22H19N3O3S/c1-3-25(17-6-4-15-11-28-12-16(15)8-17)21-10-19(23-13-24-21)14-5-7-18(22(26)27)20(9-14)29-2/h4-13H,3H2,1-2H3,(H,26,27). The molecule has 7 heteroatoms. The van der Waals surface area contributed by atoms with Gasteiger partial charge in [0.25, 0.3) is 0 Å². The van der Waals surface area contributed by atoms with Crippen molar-refractivity contribution in [1.82, 2.24) is 9.97 Å². The topological polar surface area (TPSA) is 79.5 Å². The van der Waals surface area contributed by atoms with Crippen LogP contribution in [-0.4, -0.2) is 33.8 Å². The van der Waals surface area contributed by atoms with Crippen LogP contribution in [0.15, 0.2) is 70.6 Å². The minimum Gasteiger partial charge on any atom is -0.478 e. The Morgan fingerprint density at radius 2 is 1.93 bits per heavy atom. The van der Waals surface area contributed by atoms with Crippen LogP contribution in [-0.2, 0) is 0 Å². The smallest absolute Gasteiger partial charge is 0.336 e. The molecular formula is C22H19N3O3S. The maximum atomic E-state index is 11.4. The molecule has 1 N–H and O–H groups in total. The molecule has 0 atom stereocenters. The van der Waals surface area contributed by atoms with E-state index in [1.54, 1.807) is 24.7 Å². The molecule has 0 aliphatic heterocycles. The van der Waals surface area contributed by atoms with Crippen molar-refractivity contribution in [2.45, 2.75) is 11.8 Å². The van der Waals surface area contributed by atoms with E-state index in [2.05, 4.69) is 27.9 Å². The van der Waals surface area contributed by atoms with Crippen molar-refractivity contribution in [3.05, 3.63) is 66.9 Å². The van der Waals surface area contributed by atoms with Gasteiger partial charge in [-0.05, 0) is 43.5 Å². The molecule has 146 valence electrons. The number of hydrogen-bond donors (Lipinski definition) is 1. The first kappa shape index (κ1) is 19.0. The van der Waals surface area contributed by atoms with Crippen LogP contribution in [0.2, 0.25) is 0 Å². The van der Waals surface area contributed by atoms with E-state index in [-0.39, 0.29) is 0 Å². The van der Waals surface area contributed by atoms with E-state index >= 15 is 0 Å². The zero-order chi connectivity index (χ0) is 20.4. The van der Waals surface area contributed by atoms with E-state index < -0.39 is 5.97 Å². The van der Waals surface area contributed by atoms with Crippen molar-refractivity contribution >= 4 is 40.0 Å². The van der Waals surface area contributed by atoms with Crippen LogP contribution in [0, 0.1) is 0 Å². The van der Waals surface area contributed by atoms with Gasteiger partial charge in [0, 0.05) is 39.5 Å². The molecule has 4 aromatic rings. The van der Waals surface area contributed by atoms with Gasteiger partial charge in [0.2, 0.25) is 0 Å². The van der Waals surface area contributed by atoms with Crippen molar-refractivity contribution in [2.75, 3.05) is 17.7 Å². The Morgan fingerprint density at radius 3 is 2.69 bits per heavy atom. The van der Waals surface area contributed by atoms with Crippen molar-refractivity contribution in [2.24, 2.45) is 0 Å². The summed E-state index contributed by atoms with van der Waals surface area (Å²) in [5.74, 6) is -0.163. The van der Waals surface area contributed by atoms with Crippen LogP contribution in [0.25, 0.3) is 22.0 Å². The molecule has 0 fully saturated rings. The number of fused-ring (bicyclic) bond motifs is 1. The minimum atomic E-state index is -0.934. The van der Waals surface area contributed by atoms with Gasteiger partial charge in [0.05, 0.1) is 23.8 Å². The van der Waals surface area contributed by atoms with Crippen LogP contribution < -0.4 is 4.90 Å². The molecule has 0 aliphatic rings. The van der Waals surface area contributed by atoms with Crippen LogP contribution in [0.3, 0.4) is 0 Å². The Labute approximate surface area is 172 Å². The highest BCUT2D eigenvalue weighted by Gasteiger charge is 2.14. The molecule has 0 spiro atoms. The Morgan fingerprint density at radius 1 is 1.10 bits per heavy atom. The Kier molecular flexibility index (Phi) is 5.22. The fourth-order valence-corrected chi connectivity index (χ4v) is 3.90. The number of thioether (sulfide) groups is 1. The third kappa shape index (κ3) is 3.69. The van der Waals surface area contributed by atoms with Gasteiger partial charge < -0.3 is 14.4 Å². The molecule has 0 saturated heterocycles. The summed E-state index contributed by atoms with van der Waals surface area (Å²) in [6, 6.07) is 13.3. The zero-order valence-electron chi connectivity index (χ0n) is 16.0. The number of rotatable bonds is 6. The summed E-state index contributed by atoms with van der Waals surface area (Å²) in [5, 5.41) is 11.4. The van der Waals surface area contributed by atoms with Gasteiger partial charge in [-0.15, -0.1) is 11.8 Å². The number of nitrogens with zero attached hydrogens (tertiary/aromatic N) is 3. The lowest BCUT2D eigenvalue weighted by Gasteiger charge is -2.22. The van der Waals surface area contributed by atoms with Gasteiger partial charge in [-0.1, -0.05) is 6.07 Å². The number of benzene rings is 2. The fourth-order valence-electron chi connectivity index (χ4n) is 3.28. The van der Waals surface area contributed by atoms with Crippen molar-refractivity contribution in [1.29, 1.82) is 0 Å². The Hall–Kier alpha value is -3.32. The SMILES string of the molecule is CCN(c1ccc2cocc2c1)c1cc(-c2ccc(C(=O)O)c(SC)c2)ncn1. The first-order chi connectivity index (χ1) is 14.1. The number of carboxylic acids is 1. The van der Waals surface area contributed by atoms with Gasteiger partial charge in [-0.3, -0.25) is 0 Å². The summed E-state index contributed by atoms with van der Waals surface area (Å²) in [7, 11) is 0. The number of carbonyl (C=O) groups is 1. The van der Waals surface area contributed by atoms with E-state index in [0.717, 1.165) is 40.1 Å². The third-order valence-corrected chi connectivity index (χ3v) is 5.52. The van der Waals surface area contributed by atoms with E-state index in [1.807, 2.05) is 30.5 Å². The molecule has 6 nitrogen and oxygen atoms in total. The van der Waals surface area contributed by atoms with E-state index in [4.69, 9.17) is 4.42 Å². The highest BCUT2D eigenvalue weighted by Crippen LogP contribution is 2.31. The molecule has 2 aromatic heterocycles. The maximum Gasteiger partial charge on any atom is 0.336 e. The van der Waals surface area contributed by atoms with Gasteiger partial charge in [0.15, 0.2) is 0 Å². The predicted molar refractivity (Wildman–Crippen MR) is 115 cm³/mol. The van der Waals surface area contributed by atoms with Gasteiger partial charge in [0.1, 0.15) is 12.1 Å². The van der Waals surface area contributed by atoms with Crippen LogP contribution in [0.4, 0.5) is 11.5 Å². The number of aromatic carboxylic acids is 1. The first-order valence-electron chi connectivity index (χ1n) is 9.08. The Bertz CT molecular complexity index is 1190. The van der Waals surface area contributed by atoms with E-state index in [1.165, 1.54) is 18.1 Å². The first-order valence-corrected chi connectivity index (χ1v) is 10.3. The van der Waals surface area contributed by atoms with Crippen molar-refractivity contribution < 1.29 is 14.3 Å². The number of hydrogen-bond acceptors (Lipinski definition) is 6. The largest absolute Gasteiger partial charge is 0.478 e. The monoisotopic (exact) mass is 405 g/mol. The van der Waals surface area contributed by atoms with Crippen LogP contribution in [0.1, 0.15) is 17.3 Å². The lowest BCUT2D eigenvalue weighted by Crippen LogP contribution is -2.17. The molecule has 2 aromatic carbocycles. The molecule has 4 rings (SSSR count). The Balaban J connectivity index is 1.73.